The van der Waals surface area contributed by atoms with Crippen LogP contribution in [0.3, 0.4) is 0 Å². The Morgan fingerprint density at radius 1 is 1.21 bits per heavy atom. The summed E-state index contributed by atoms with van der Waals surface area (Å²) in [6, 6.07) is 0. The third-order valence-corrected chi connectivity index (χ3v) is 2.97. The highest BCUT2D eigenvalue weighted by atomic mass is 31.2. The molecule has 0 aliphatic carbocycles. The molecular formula is C10H13O8P. The highest BCUT2D eigenvalue weighted by molar-refractivity contribution is 7.48. The van der Waals surface area contributed by atoms with Crippen molar-refractivity contribution >= 4 is 19.8 Å². The van der Waals surface area contributed by atoms with Crippen molar-refractivity contribution in [3.8, 4) is 0 Å². The molecule has 0 aromatic rings. The van der Waals surface area contributed by atoms with Gasteiger partial charge >= 0.3 is 19.8 Å². The van der Waals surface area contributed by atoms with Crippen molar-refractivity contribution in [3.63, 3.8) is 0 Å². The molecule has 0 N–H and O–H groups in total. The first-order valence-electron chi connectivity index (χ1n) is 5.09. The highest BCUT2D eigenvalue weighted by Gasteiger charge is 2.43. The Bertz CT molecular complexity index is 468. The first-order chi connectivity index (χ1) is 8.73. The van der Waals surface area contributed by atoms with Gasteiger partial charge in [0, 0.05) is 11.1 Å². The Morgan fingerprint density at radius 3 is 2.32 bits per heavy atom. The second kappa shape index (κ2) is 6.12. The number of rotatable bonds is 5. The van der Waals surface area contributed by atoms with Crippen LogP contribution in [0.25, 0.3) is 0 Å². The van der Waals surface area contributed by atoms with Gasteiger partial charge in [-0.2, -0.15) is 0 Å². The molecule has 1 aliphatic rings. The number of phosphoric ester groups is 1. The summed E-state index contributed by atoms with van der Waals surface area (Å²) in [6.45, 7) is 9.14. The van der Waals surface area contributed by atoms with Crippen LogP contribution in [0.15, 0.2) is 24.3 Å². The van der Waals surface area contributed by atoms with Gasteiger partial charge in [-0.05, 0) is 13.8 Å². The molecule has 1 rings (SSSR count). The zero-order valence-electron chi connectivity index (χ0n) is 10.4. The molecule has 0 aromatic heterocycles. The lowest BCUT2D eigenvalue weighted by Gasteiger charge is -2.10. The summed E-state index contributed by atoms with van der Waals surface area (Å²) < 4.78 is 30.1. The molecule has 0 aromatic carbocycles. The van der Waals surface area contributed by atoms with Crippen molar-refractivity contribution < 1.29 is 37.5 Å². The molecule has 1 heterocycles. The molecule has 8 nitrogen and oxygen atoms in total. The van der Waals surface area contributed by atoms with Crippen molar-refractivity contribution in [2.45, 2.75) is 20.1 Å². The van der Waals surface area contributed by atoms with E-state index in [4.69, 9.17) is 9.26 Å². The Morgan fingerprint density at radius 2 is 1.79 bits per heavy atom. The summed E-state index contributed by atoms with van der Waals surface area (Å²) in [5.41, 5.74) is 0.177. The zero-order valence-corrected chi connectivity index (χ0v) is 11.3. The smallest absolute Gasteiger partial charge is 0.429 e. The largest absolute Gasteiger partial charge is 0.514 e. The second-order valence-electron chi connectivity index (χ2n) is 3.69. The molecule has 9 heteroatoms. The van der Waals surface area contributed by atoms with E-state index < -0.39 is 26.1 Å². The van der Waals surface area contributed by atoms with Gasteiger partial charge in [-0.1, -0.05) is 17.8 Å². The van der Waals surface area contributed by atoms with Gasteiger partial charge < -0.3 is 4.74 Å². The summed E-state index contributed by atoms with van der Waals surface area (Å²) in [6.07, 6.45) is -1.22. The van der Waals surface area contributed by atoms with Gasteiger partial charge in [0.1, 0.15) is 6.61 Å². The topological polar surface area (TPSA) is 97.4 Å². The predicted octanol–water partition coefficient (Wildman–Crippen LogP) is 1.64. The minimum atomic E-state index is -4.10. The Kier molecular flexibility index (Phi) is 5.02. The van der Waals surface area contributed by atoms with Gasteiger partial charge in [0.15, 0.2) is 0 Å². The maximum absolute atomic E-state index is 11.7. The quantitative estimate of drug-likeness (QED) is 0.248. The van der Waals surface area contributed by atoms with Crippen LogP contribution >= 0.6 is 7.82 Å². The average Bonchev–Trinajstić information content (AvgIpc) is 2.68. The molecule has 1 saturated heterocycles. The monoisotopic (exact) mass is 292 g/mol. The van der Waals surface area contributed by atoms with E-state index >= 15 is 0 Å². The van der Waals surface area contributed by atoms with E-state index in [1.165, 1.54) is 13.8 Å². The third-order valence-electron chi connectivity index (χ3n) is 1.76. The van der Waals surface area contributed by atoms with Gasteiger partial charge in [0.25, 0.3) is 0 Å². The fourth-order valence-electron chi connectivity index (χ4n) is 0.822. The van der Waals surface area contributed by atoms with Gasteiger partial charge in [-0.15, -0.1) is 0 Å². The van der Waals surface area contributed by atoms with E-state index in [-0.39, 0.29) is 17.8 Å². The predicted molar refractivity (Wildman–Crippen MR) is 61.3 cm³/mol. The second-order valence-corrected chi connectivity index (χ2v) is 5.20. The van der Waals surface area contributed by atoms with Crippen molar-refractivity contribution in [1.82, 2.24) is 0 Å². The fourth-order valence-corrected chi connectivity index (χ4v) is 1.82. The molecule has 0 amide bonds. The van der Waals surface area contributed by atoms with E-state index in [2.05, 4.69) is 27.2 Å². The lowest BCUT2D eigenvalue weighted by molar-refractivity contribution is -0.219. The molecule has 19 heavy (non-hydrogen) atoms. The molecular weight excluding hydrogens is 279 g/mol. The number of carbonyl (C=O) groups is 2. The molecule has 2 unspecified atom stereocenters. The number of hydrogen-bond acceptors (Lipinski definition) is 8. The van der Waals surface area contributed by atoms with Gasteiger partial charge in [0.2, 0.25) is 6.29 Å². The van der Waals surface area contributed by atoms with E-state index in [1.54, 1.807) is 0 Å². The third kappa shape index (κ3) is 4.60. The van der Waals surface area contributed by atoms with E-state index in [1.807, 2.05) is 0 Å². The standard InChI is InChI=1S/C10H13O8P/c1-6(2)9(11)15-8-5-14-19(13,17-8)18-16-10(12)7(3)4/h8H,1,3,5H2,2,4H3. The van der Waals surface area contributed by atoms with Crippen LogP contribution in [0, 0.1) is 0 Å². The Hall–Kier alpha value is -1.47. The van der Waals surface area contributed by atoms with Crippen LogP contribution in [-0.2, 0) is 37.5 Å². The summed E-state index contributed by atoms with van der Waals surface area (Å²) in [5, 5.41) is 0. The van der Waals surface area contributed by atoms with Crippen LogP contribution in [0.1, 0.15) is 13.8 Å². The minimum absolute atomic E-state index is 0.0380. The highest BCUT2D eigenvalue weighted by Crippen LogP contribution is 2.55. The van der Waals surface area contributed by atoms with Crippen LogP contribution < -0.4 is 0 Å². The first-order valence-corrected chi connectivity index (χ1v) is 6.55. The van der Waals surface area contributed by atoms with Crippen molar-refractivity contribution in [3.05, 3.63) is 24.3 Å². The van der Waals surface area contributed by atoms with Crippen LogP contribution in [0.2, 0.25) is 0 Å². The Labute approximate surface area is 109 Å². The van der Waals surface area contributed by atoms with Crippen LogP contribution in [0.5, 0.6) is 0 Å². The van der Waals surface area contributed by atoms with E-state index in [0.717, 1.165) is 0 Å². The van der Waals surface area contributed by atoms with Crippen molar-refractivity contribution in [2.75, 3.05) is 6.61 Å². The lowest BCUT2D eigenvalue weighted by Crippen LogP contribution is -2.19. The SMILES string of the molecule is C=C(C)C(=O)OOP1(=O)OCC(OC(=O)C(=C)C)O1. The zero-order chi connectivity index (χ0) is 14.6. The molecule has 2 atom stereocenters. The number of hydrogen-bond donors (Lipinski definition) is 0. The average molecular weight is 292 g/mol. The molecule has 1 aliphatic heterocycles. The number of phosphoric acid groups is 1. The maximum atomic E-state index is 11.7. The minimum Gasteiger partial charge on any atom is -0.429 e. The van der Waals surface area contributed by atoms with E-state index in [0.29, 0.717) is 0 Å². The molecule has 0 saturated carbocycles. The molecule has 106 valence electrons. The maximum Gasteiger partial charge on any atom is 0.514 e. The van der Waals surface area contributed by atoms with Crippen molar-refractivity contribution in [2.24, 2.45) is 0 Å². The fraction of sp³-hybridized carbons (Fsp3) is 0.400. The summed E-state index contributed by atoms with van der Waals surface area (Å²) in [7, 11) is -4.10. The Balaban J connectivity index is 2.47. The normalized spacial score (nSPS) is 25.7. The number of ether oxygens (including phenoxy) is 1. The molecule has 0 bridgehead atoms. The van der Waals surface area contributed by atoms with Crippen LogP contribution in [0.4, 0.5) is 0 Å². The summed E-state index contributed by atoms with van der Waals surface area (Å²) in [4.78, 5) is 26.4. The first kappa shape index (κ1) is 15.6. The molecule has 0 radical (unpaired) electrons. The van der Waals surface area contributed by atoms with E-state index in [9.17, 15) is 14.2 Å². The number of carbonyl (C=O) groups excluding carboxylic acids is 2. The van der Waals surface area contributed by atoms with Gasteiger partial charge in [-0.25, -0.2) is 18.7 Å². The van der Waals surface area contributed by atoms with Crippen LogP contribution in [-0.4, -0.2) is 24.8 Å². The summed E-state index contributed by atoms with van der Waals surface area (Å²) >= 11 is 0. The molecule has 0 spiro atoms. The van der Waals surface area contributed by atoms with Gasteiger partial charge in [-0.3, -0.25) is 9.41 Å². The number of esters is 1. The van der Waals surface area contributed by atoms with Crippen molar-refractivity contribution in [1.29, 1.82) is 0 Å². The van der Waals surface area contributed by atoms with Gasteiger partial charge in [0.05, 0.1) is 0 Å². The summed E-state index contributed by atoms with van der Waals surface area (Å²) in [5.74, 6) is -1.66. The lowest BCUT2D eigenvalue weighted by atomic mass is 10.4. The molecule has 1 fully saturated rings.